The minimum atomic E-state index is -1.08. The van der Waals surface area contributed by atoms with Gasteiger partial charge in [-0.05, 0) is 35.2 Å². The molecule has 0 saturated carbocycles. The molecule has 0 radical (unpaired) electrons. The zero-order valence-electron chi connectivity index (χ0n) is 13.1. The van der Waals surface area contributed by atoms with Crippen LogP contribution in [0.4, 0.5) is 5.69 Å². The molecule has 0 spiro atoms. The summed E-state index contributed by atoms with van der Waals surface area (Å²) in [6.07, 6.45) is 0. The second-order valence-electron chi connectivity index (χ2n) is 5.50. The van der Waals surface area contributed by atoms with E-state index in [1.54, 1.807) is 11.4 Å². The van der Waals surface area contributed by atoms with Gasteiger partial charge in [-0.15, -0.1) is 22.7 Å². The predicted molar refractivity (Wildman–Crippen MR) is 109 cm³/mol. The molecule has 3 aromatic heterocycles. The Kier molecular flexibility index (Phi) is 4.39. The van der Waals surface area contributed by atoms with Crippen LogP contribution in [-0.4, -0.2) is 22.0 Å². The van der Waals surface area contributed by atoms with Gasteiger partial charge in [-0.2, -0.15) is 0 Å². The molecule has 0 aliphatic heterocycles. The van der Waals surface area contributed by atoms with Gasteiger partial charge in [-0.25, -0.2) is 4.79 Å². The highest BCUT2D eigenvalue weighted by molar-refractivity contribution is 9.10. The number of nitrogens with one attached hydrogen (secondary N) is 2. The number of aromatic amines is 1. The molecular formula is C18H11BrN2O3S2. The van der Waals surface area contributed by atoms with Crippen molar-refractivity contribution in [3.8, 4) is 10.4 Å². The Morgan fingerprint density at radius 3 is 2.58 bits per heavy atom. The van der Waals surface area contributed by atoms with Gasteiger partial charge in [-0.1, -0.05) is 28.1 Å². The molecule has 0 atom stereocenters. The monoisotopic (exact) mass is 446 g/mol. The van der Waals surface area contributed by atoms with Gasteiger partial charge in [0.25, 0.3) is 5.91 Å². The fraction of sp³-hybridized carbons (Fsp3) is 0. The summed E-state index contributed by atoms with van der Waals surface area (Å²) in [7, 11) is 0. The third-order valence-corrected chi connectivity index (χ3v) is 6.27. The van der Waals surface area contributed by atoms with Crippen LogP contribution in [-0.2, 0) is 0 Å². The number of amides is 1. The number of fused-ring (bicyclic) bond motifs is 1. The van der Waals surface area contributed by atoms with Gasteiger partial charge < -0.3 is 15.4 Å². The molecule has 0 unspecified atom stereocenters. The fourth-order valence-electron chi connectivity index (χ4n) is 2.64. The van der Waals surface area contributed by atoms with Gasteiger partial charge >= 0.3 is 5.97 Å². The standard InChI is InChI=1S/C18H11BrN2O3S2/c19-10-3-1-9(2-4-10)16-15(18(23)24)13(8-26-16)21-17(22)12-7-14-11(20-12)5-6-25-14/h1-8,20H,(H,21,22)(H,23,24). The first-order chi connectivity index (χ1) is 12.5. The number of halogens is 1. The summed E-state index contributed by atoms with van der Waals surface area (Å²) < 4.78 is 1.89. The number of hydrogen-bond donors (Lipinski definition) is 3. The molecule has 3 N–H and O–H groups in total. The highest BCUT2D eigenvalue weighted by atomic mass is 79.9. The van der Waals surface area contributed by atoms with Crippen LogP contribution in [0.3, 0.4) is 0 Å². The van der Waals surface area contributed by atoms with Crippen molar-refractivity contribution in [3.05, 3.63) is 62.9 Å². The van der Waals surface area contributed by atoms with Crippen molar-refractivity contribution in [3.63, 3.8) is 0 Å². The van der Waals surface area contributed by atoms with E-state index in [2.05, 4.69) is 26.2 Å². The van der Waals surface area contributed by atoms with Crippen LogP contribution in [0.1, 0.15) is 20.8 Å². The molecule has 1 aromatic carbocycles. The van der Waals surface area contributed by atoms with Crippen LogP contribution in [0.15, 0.2) is 51.6 Å². The Labute approximate surface area is 164 Å². The van der Waals surface area contributed by atoms with Crippen molar-refractivity contribution < 1.29 is 14.7 Å². The quantitative estimate of drug-likeness (QED) is 0.377. The number of rotatable bonds is 4. The molecule has 0 fully saturated rings. The molecule has 26 heavy (non-hydrogen) atoms. The van der Waals surface area contributed by atoms with Crippen molar-refractivity contribution in [1.82, 2.24) is 4.98 Å². The molecule has 5 nitrogen and oxygen atoms in total. The molecule has 0 saturated heterocycles. The van der Waals surface area contributed by atoms with Gasteiger partial charge in [0.15, 0.2) is 0 Å². The van der Waals surface area contributed by atoms with Crippen LogP contribution < -0.4 is 5.32 Å². The molecule has 3 heterocycles. The molecule has 4 rings (SSSR count). The first-order valence-corrected chi connectivity index (χ1v) is 10.1. The normalized spacial score (nSPS) is 11.0. The Morgan fingerprint density at radius 1 is 1.12 bits per heavy atom. The molecule has 130 valence electrons. The Balaban J connectivity index is 1.68. The molecule has 0 aliphatic carbocycles. The number of carbonyl (C=O) groups excluding carboxylic acids is 1. The molecule has 8 heteroatoms. The largest absolute Gasteiger partial charge is 0.478 e. The van der Waals surface area contributed by atoms with Gasteiger partial charge in [0.1, 0.15) is 11.3 Å². The van der Waals surface area contributed by atoms with Crippen LogP contribution in [0.25, 0.3) is 20.7 Å². The maximum Gasteiger partial charge on any atom is 0.339 e. The minimum absolute atomic E-state index is 0.0963. The number of carboxylic acids is 1. The van der Waals surface area contributed by atoms with Crippen LogP contribution in [0.2, 0.25) is 0 Å². The number of thiophene rings is 2. The van der Waals surface area contributed by atoms with Gasteiger partial charge in [0, 0.05) is 9.85 Å². The van der Waals surface area contributed by atoms with E-state index in [1.807, 2.05) is 35.7 Å². The van der Waals surface area contributed by atoms with Crippen molar-refractivity contribution in [2.24, 2.45) is 0 Å². The number of H-pyrrole nitrogens is 1. The lowest BCUT2D eigenvalue weighted by molar-refractivity contribution is 0.0699. The summed E-state index contributed by atoms with van der Waals surface area (Å²) in [4.78, 5) is 28.0. The summed E-state index contributed by atoms with van der Waals surface area (Å²) in [6.45, 7) is 0. The summed E-state index contributed by atoms with van der Waals surface area (Å²) >= 11 is 6.19. The average molecular weight is 447 g/mol. The number of carboxylic acid groups (broad SMARTS) is 1. The summed E-state index contributed by atoms with van der Waals surface area (Å²) in [6, 6.07) is 11.0. The molecular weight excluding hydrogens is 436 g/mol. The Hall–Kier alpha value is -2.42. The van der Waals surface area contributed by atoms with E-state index in [4.69, 9.17) is 0 Å². The molecule has 4 aromatic rings. The Morgan fingerprint density at radius 2 is 1.88 bits per heavy atom. The molecule has 1 amide bonds. The van der Waals surface area contributed by atoms with Crippen molar-refractivity contribution in [2.45, 2.75) is 0 Å². The van der Waals surface area contributed by atoms with Gasteiger partial charge in [-0.3, -0.25) is 4.79 Å². The minimum Gasteiger partial charge on any atom is -0.478 e. The van der Waals surface area contributed by atoms with Crippen molar-refractivity contribution >= 4 is 66.4 Å². The zero-order chi connectivity index (χ0) is 18.3. The second kappa shape index (κ2) is 6.71. The zero-order valence-corrected chi connectivity index (χ0v) is 16.3. The van der Waals surface area contributed by atoms with Crippen molar-refractivity contribution in [1.29, 1.82) is 0 Å². The average Bonchev–Trinajstić information content (AvgIpc) is 3.29. The second-order valence-corrected chi connectivity index (χ2v) is 8.24. The number of aromatic carboxylic acids is 1. The van der Waals surface area contributed by atoms with Crippen LogP contribution in [0, 0.1) is 0 Å². The van der Waals surface area contributed by atoms with Crippen LogP contribution >= 0.6 is 38.6 Å². The fourth-order valence-corrected chi connectivity index (χ4v) is 4.68. The third-order valence-electron chi connectivity index (χ3n) is 3.84. The van der Waals surface area contributed by atoms with E-state index in [1.165, 1.54) is 22.7 Å². The number of benzene rings is 1. The van der Waals surface area contributed by atoms with Gasteiger partial charge in [0.05, 0.1) is 20.8 Å². The molecule has 0 bridgehead atoms. The molecule has 0 aliphatic rings. The lowest BCUT2D eigenvalue weighted by Crippen LogP contribution is -2.14. The summed E-state index contributed by atoms with van der Waals surface area (Å²) in [5, 5.41) is 16.0. The first kappa shape index (κ1) is 17.0. The maximum absolute atomic E-state index is 12.5. The van der Waals surface area contributed by atoms with E-state index in [9.17, 15) is 14.7 Å². The van der Waals surface area contributed by atoms with E-state index in [-0.39, 0.29) is 11.5 Å². The highest BCUT2D eigenvalue weighted by Gasteiger charge is 2.22. The number of hydrogen-bond acceptors (Lipinski definition) is 4. The highest BCUT2D eigenvalue weighted by Crippen LogP contribution is 2.37. The summed E-state index contributed by atoms with van der Waals surface area (Å²) in [5.74, 6) is -1.44. The smallest absolute Gasteiger partial charge is 0.339 e. The van der Waals surface area contributed by atoms with E-state index >= 15 is 0 Å². The third kappa shape index (κ3) is 3.07. The predicted octanol–water partition coefficient (Wildman–Crippen LogP) is 5.67. The lowest BCUT2D eigenvalue weighted by atomic mass is 10.1. The summed E-state index contributed by atoms with van der Waals surface area (Å²) in [5.41, 5.74) is 2.47. The number of anilines is 1. The SMILES string of the molecule is O=C(Nc1csc(-c2ccc(Br)cc2)c1C(=O)O)c1cc2sccc2[nH]1. The van der Waals surface area contributed by atoms with Crippen LogP contribution in [0.5, 0.6) is 0 Å². The number of carbonyl (C=O) groups is 2. The first-order valence-electron chi connectivity index (χ1n) is 7.51. The topological polar surface area (TPSA) is 82.2 Å². The number of aromatic nitrogens is 1. The Bertz CT molecular complexity index is 1100. The van der Waals surface area contributed by atoms with E-state index in [0.29, 0.717) is 16.3 Å². The van der Waals surface area contributed by atoms with Crippen molar-refractivity contribution in [2.75, 3.05) is 5.32 Å². The van der Waals surface area contributed by atoms with Gasteiger partial charge in [0.2, 0.25) is 0 Å². The maximum atomic E-state index is 12.5. The van der Waals surface area contributed by atoms with E-state index < -0.39 is 5.97 Å². The van der Waals surface area contributed by atoms with E-state index in [0.717, 1.165) is 20.3 Å². The lowest BCUT2D eigenvalue weighted by Gasteiger charge is -2.05.